The number of hydrogen-bond donors (Lipinski definition) is 0. The lowest BCUT2D eigenvalue weighted by molar-refractivity contribution is -0.145. The Morgan fingerprint density at radius 1 is 1.09 bits per heavy atom. The van der Waals surface area contributed by atoms with E-state index in [4.69, 9.17) is 0 Å². The molecule has 0 aromatic heterocycles. The van der Waals surface area contributed by atoms with E-state index in [0.717, 1.165) is 24.1 Å². The zero-order valence-corrected chi connectivity index (χ0v) is 14.7. The zero-order valence-electron chi connectivity index (χ0n) is 14.7. The highest BCUT2D eigenvalue weighted by Crippen LogP contribution is 2.27. The molecule has 1 aliphatic rings. The fourth-order valence-corrected chi connectivity index (χ4v) is 3.12. The van der Waals surface area contributed by atoms with Gasteiger partial charge in [0.2, 0.25) is 0 Å². The number of aryl methyl sites for hydroxylation is 1. The van der Waals surface area contributed by atoms with Gasteiger partial charge in [0.15, 0.2) is 0 Å². The smallest absolute Gasteiger partial charge is 0.316 e. The molecule has 1 aliphatic heterocycles. The Hall–Kier alpha value is -1.84. The second-order valence-electron chi connectivity index (χ2n) is 7.19. The number of nitrogens with zero attached hydrogens (tertiary/aromatic N) is 2. The molecule has 0 saturated carbocycles. The van der Waals surface area contributed by atoms with Crippen molar-refractivity contribution in [2.45, 2.75) is 40.5 Å². The highest BCUT2D eigenvalue weighted by atomic mass is 16.2. The first-order valence-electron chi connectivity index (χ1n) is 8.58. The molecule has 0 fully saturated rings. The number of anilines is 1. The summed E-state index contributed by atoms with van der Waals surface area (Å²) in [5, 5.41) is 0. The monoisotopic (exact) mass is 316 g/mol. The molecule has 0 radical (unpaired) electrons. The van der Waals surface area contributed by atoms with Crippen molar-refractivity contribution in [1.82, 2.24) is 4.90 Å². The maximum Gasteiger partial charge on any atom is 0.316 e. The minimum atomic E-state index is -0.390. The molecule has 0 bridgehead atoms. The van der Waals surface area contributed by atoms with Crippen molar-refractivity contribution in [3.8, 4) is 0 Å². The largest absolute Gasteiger partial charge is 0.334 e. The lowest BCUT2D eigenvalue weighted by atomic mass is 10.0. The Morgan fingerprint density at radius 3 is 2.30 bits per heavy atom. The molecule has 1 heterocycles. The average Bonchev–Trinajstić information content (AvgIpc) is 2.51. The predicted molar refractivity (Wildman–Crippen MR) is 93.4 cm³/mol. The summed E-state index contributed by atoms with van der Waals surface area (Å²) in [7, 11) is 0. The number of carbonyl (C=O) groups excluding carboxylic acids is 2. The van der Waals surface area contributed by atoms with Crippen LogP contribution in [-0.2, 0) is 16.0 Å². The summed E-state index contributed by atoms with van der Waals surface area (Å²) in [5.74, 6) is -0.0687. The summed E-state index contributed by atoms with van der Waals surface area (Å²) in [4.78, 5) is 28.9. The Kier molecular flexibility index (Phi) is 5.80. The molecular weight excluding hydrogens is 288 g/mol. The highest BCUT2D eigenvalue weighted by molar-refractivity contribution is 6.40. The van der Waals surface area contributed by atoms with Gasteiger partial charge in [-0.25, -0.2) is 0 Å². The van der Waals surface area contributed by atoms with E-state index in [9.17, 15) is 9.59 Å². The van der Waals surface area contributed by atoms with Crippen LogP contribution >= 0.6 is 0 Å². The van der Waals surface area contributed by atoms with E-state index in [2.05, 4.69) is 27.7 Å². The lowest BCUT2D eigenvalue weighted by Crippen LogP contribution is -2.49. The van der Waals surface area contributed by atoms with E-state index < -0.39 is 5.91 Å². The molecular formula is C19H28N2O2. The van der Waals surface area contributed by atoms with Gasteiger partial charge in [0.05, 0.1) is 0 Å². The van der Waals surface area contributed by atoms with Crippen LogP contribution in [0, 0.1) is 11.8 Å². The lowest BCUT2D eigenvalue weighted by Gasteiger charge is -2.32. The summed E-state index contributed by atoms with van der Waals surface area (Å²) in [6, 6.07) is 7.89. The number of amides is 2. The number of benzene rings is 1. The molecule has 1 aromatic carbocycles. The first kappa shape index (κ1) is 17.5. The van der Waals surface area contributed by atoms with Crippen molar-refractivity contribution in [1.29, 1.82) is 0 Å². The van der Waals surface area contributed by atoms with E-state index >= 15 is 0 Å². The van der Waals surface area contributed by atoms with Crippen LogP contribution in [0.15, 0.2) is 24.3 Å². The molecule has 0 saturated heterocycles. The summed E-state index contributed by atoms with van der Waals surface area (Å²) in [6.07, 6.45) is 1.88. The van der Waals surface area contributed by atoms with E-state index in [1.54, 1.807) is 9.80 Å². The van der Waals surface area contributed by atoms with E-state index in [-0.39, 0.29) is 5.91 Å². The molecule has 2 amide bonds. The predicted octanol–water partition coefficient (Wildman–Crippen LogP) is 3.11. The van der Waals surface area contributed by atoms with Gasteiger partial charge < -0.3 is 9.80 Å². The van der Waals surface area contributed by atoms with Gasteiger partial charge in [0.1, 0.15) is 0 Å². The van der Waals surface area contributed by atoms with Gasteiger partial charge in [-0.1, -0.05) is 45.9 Å². The second kappa shape index (κ2) is 7.62. The Bertz CT molecular complexity index is 556. The van der Waals surface area contributed by atoms with Crippen molar-refractivity contribution >= 4 is 17.5 Å². The standard InChI is InChI=1S/C19H28N2O2/c1-14(2)12-20(13-15(3)4)18(22)19(23)21-11-7-9-16-8-5-6-10-17(16)21/h5-6,8,10,14-15H,7,9,11-13H2,1-4H3. The molecule has 4 nitrogen and oxygen atoms in total. The highest BCUT2D eigenvalue weighted by Gasteiger charge is 2.31. The average molecular weight is 316 g/mol. The third-order valence-corrected chi connectivity index (χ3v) is 4.00. The first-order valence-corrected chi connectivity index (χ1v) is 8.58. The Balaban J connectivity index is 2.19. The van der Waals surface area contributed by atoms with Gasteiger partial charge in [-0.2, -0.15) is 0 Å². The van der Waals surface area contributed by atoms with Crippen LogP contribution < -0.4 is 4.90 Å². The molecule has 0 N–H and O–H groups in total. The van der Waals surface area contributed by atoms with E-state index in [1.807, 2.05) is 24.3 Å². The van der Waals surface area contributed by atoms with Crippen molar-refractivity contribution in [3.63, 3.8) is 0 Å². The summed E-state index contributed by atoms with van der Waals surface area (Å²) >= 11 is 0. The van der Waals surface area contributed by atoms with Crippen LogP contribution in [0.2, 0.25) is 0 Å². The maximum absolute atomic E-state index is 12.8. The maximum atomic E-state index is 12.8. The van der Waals surface area contributed by atoms with Crippen molar-refractivity contribution in [2.75, 3.05) is 24.5 Å². The van der Waals surface area contributed by atoms with Crippen LogP contribution in [0.5, 0.6) is 0 Å². The van der Waals surface area contributed by atoms with Crippen molar-refractivity contribution in [3.05, 3.63) is 29.8 Å². The molecule has 23 heavy (non-hydrogen) atoms. The second-order valence-corrected chi connectivity index (χ2v) is 7.19. The number of hydrogen-bond acceptors (Lipinski definition) is 2. The zero-order chi connectivity index (χ0) is 17.0. The fraction of sp³-hybridized carbons (Fsp3) is 0.579. The van der Waals surface area contributed by atoms with E-state index in [1.165, 1.54) is 0 Å². The van der Waals surface area contributed by atoms with Gasteiger partial charge in [-0.3, -0.25) is 9.59 Å². The Morgan fingerprint density at radius 2 is 1.70 bits per heavy atom. The normalized spacial score (nSPS) is 14.1. The summed E-state index contributed by atoms with van der Waals surface area (Å²) in [6.45, 7) is 10.2. The molecule has 1 aromatic rings. The molecule has 4 heteroatoms. The SMILES string of the molecule is CC(C)CN(CC(C)C)C(=O)C(=O)N1CCCc2ccccc21. The van der Waals surface area contributed by atoms with Crippen LogP contribution in [0.3, 0.4) is 0 Å². The van der Waals surface area contributed by atoms with E-state index in [0.29, 0.717) is 31.5 Å². The van der Waals surface area contributed by atoms with Crippen LogP contribution in [0.4, 0.5) is 5.69 Å². The third kappa shape index (κ3) is 4.34. The summed E-state index contributed by atoms with van der Waals surface area (Å²) in [5.41, 5.74) is 2.05. The molecule has 0 spiro atoms. The van der Waals surface area contributed by atoms with Crippen molar-refractivity contribution < 1.29 is 9.59 Å². The summed E-state index contributed by atoms with van der Waals surface area (Å²) < 4.78 is 0. The third-order valence-electron chi connectivity index (χ3n) is 4.00. The van der Waals surface area contributed by atoms with Crippen LogP contribution in [-0.4, -0.2) is 36.3 Å². The molecule has 0 atom stereocenters. The van der Waals surface area contributed by atoms with Crippen molar-refractivity contribution in [2.24, 2.45) is 11.8 Å². The number of fused-ring (bicyclic) bond motifs is 1. The molecule has 2 rings (SSSR count). The quantitative estimate of drug-likeness (QED) is 0.801. The molecule has 0 aliphatic carbocycles. The number of carbonyl (C=O) groups is 2. The number of rotatable bonds is 4. The van der Waals surface area contributed by atoms with Gasteiger partial charge in [-0.05, 0) is 36.3 Å². The van der Waals surface area contributed by atoms with Crippen LogP contribution in [0.25, 0.3) is 0 Å². The number of para-hydroxylation sites is 1. The minimum absolute atomic E-state index is 0.346. The minimum Gasteiger partial charge on any atom is -0.334 e. The molecule has 0 unspecified atom stereocenters. The van der Waals surface area contributed by atoms with Gasteiger partial charge in [0, 0.05) is 25.3 Å². The van der Waals surface area contributed by atoms with Gasteiger partial charge in [0.25, 0.3) is 0 Å². The Labute approximate surface area is 139 Å². The molecule has 126 valence electrons. The first-order chi connectivity index (χ1) is 10.9. The topological polar surface area (TPSA) is 40.6 Å². The fourth-order valence-electron chi connectivity index (χ4n) is 3.12. The van der Waals surface area contributed by atoms with Crippen LogP contribution in [0.1, 0.15) is 39.7 Å². The van der Waals surface area contributed by atoms with Gasteiger partial charge >= 0.3 is 11.8 Å². The van der Waals surface area contributed by atoms with Gasteiger partial charge in [-0.15, -0.1) is 0 Å².